The molecule has 0 bridgehead atoms. The summed E-state index contributed by atoms with van der Waals surface area (Å²) in [7, 11) is 1.48. The minimum atomic E-state index is -0.337. The molecule has 0 spiro atoms. The fourth-order valence-electron chi connectivity index (χ4n) is 2.37. The summed E-state index contributed by atoms with van der Waals surface area (Å²) in [6.45, 7) is 3.17. The minimum Gasteiger partial charge on any atom is -0.468 e. The van der Waals surface area contributed by atoms with Gasteiger partial charge >= 0.3 is 5.97 Å². The van der Waals surface area contributed by atoms with Gasteiger partial charge in [0.1, 0.15) is 5.54 Å². The van der Waals surface area contributed by atoms with Gasteiger partial charge in [0.05, 0.1) is 7.11 Å². The first-order valence-corrected chi connectivity index (χ1v) is 5.50. The maximum absolute atomic E-state index is 11.6. The topological polar surface area (TPSA) is 38.3 Å². The Kier molecular flexibility index (Phi) is 2.52. The molecule has 80 valence electrons. The molecule has 0 aromatic rings. The van der Waals surface area contributed by atoms with Gasteiger partial charge in [0, 0.05) is 0 Å². The molecule has 3 nitrogen and oxygen atoms in total. The lowest BCUT2D eigenvalue weighted by Crippen LogP contribution is -2.61. The Hall–Kier alpha value is -0.570. The van der Waals surface area contributed by atoms with Crippen LogP contribution in [0.25, 0.3) is 0 Å². The molecule has 0 aromatic carbocycles. The summed E-state index contributed by atoms with van der Waals surface area (Å²) in [6.07, 6.45) is 4.51. The lowest BCUT2D eigenvalue weighted by Gasteiger charge is -2.44. The third-order valence-corrected chi connectivity index (χ3v) is 3.40. The van der Waals surface area contributed by atoms with Crippen LogP contribution in [0.3, 0.4) is 0 Å². The fraction of sp³-hybridized carbons (Fsp3) is 0.909. The highest BCUT2D eigenvalue weighted by molar-refractivity contribution is 5.82. The molecule has 2 fully saturated rings. The van der Waals surface area contributed by atoms with E-state index in [0.717, 1.165) is 25.3 Å². The number of carbonyl (C=O) groups is 1. The van der Waals surface area contributed by atoms with Crippen molar-refractivity contribution in [3.63, 3.8) is 0 Å². The lowest BCUT2D eigenvalue weighted by atomic mass is 9.69. The van der Waals surface area contributed by atoms with E-state index in [1.165, 1.54) is 20.0 Å². The quantitative estimate of drug-likeness (QED) is 0.691. The van der Waals surface area contributed by atoms with Crippen LogP contribution in [0.1, 0.15) is 32.6 Å². The number of hydrogen-bond donors (Lipinski definition) is 1. The van der Waals surface area contributed by atoms with Crippen LogP contribution in [0, 0.1) is 11.8 Å². The summed E-state index contributed by atoms with van der Waals surface area (Å²) in [4.78, 5) is 11.6. The van der Waals surface area contributed by atoms with E-state index in [-0.39, 0.29) is 11.5 Å². The van der Waals surface area contributed by atoms with Crippen LogP contribution in [0.5, 0.6) is 0 Å². The molecule has 0 atom stereocenters. The molecule has 14 heavy (non-hydrogen) atoms. The van der Waals surface area contributed by atoms with Gasteiger partial charge in [-0.2, -0.15) is 0 Å². The van der Waals surface area contributed by atoms with Gasteiger partial charge in [0.15, 0.2) is 0 Å². The van der Waals surface area contributed by atoms with Crippen molar-refractivity contribution in [1.82, 2.24) is 5.32 Å². The first-order valence-electron chi connectivity index (χ1n) is 5.50. The number of nitrogens with one attached hydrogen (secondary N) is 1. The number of rotatable bonds is 4. The molecule has 0 amide bonds. The molecule has 0 saturated heterocycles. The van der Waals surface area contributed by atoms with Crippen LogP contribution >= 0.6 is 0 Å². The van der Waals surface area contributed by atoms with Crippen molar-refractivity contribution in [2.24, 2.45) is 11.8 Å². The van der Waals surface area contributed by atoms with Crippen molar-refractivity contribution in [3.8, 4) is 0 Å². The average molecular weight is 197 g/mol. The zero-order valence-electron chi connectivity index (χ0n) is 9.01. The van der Waals surface area contributed by atoms with Crippen molar-refractivity contribution < 1.29 is 9.53 Å². The number of hydrogen-bond acceptors (Lipinski definition) is 3. The average Bonchev–Trinajstić information content (AvgIpc) is 2.92. The van der Waals surface area contributed by atoms with Crippen LogP contribution in [0.15, 0.2) is 0 Å². The lowest BCUT2D eigenvalue weighted by molar-refractivity contribution is -0.154. The zero-order chi connectivity index (χ0) is 10.2. The van der Waals surface area contributed by atoms with Gasteiger partial charge in [-0.05, 0) is 44.1 Å². The highest BCUT2D eigenvalue weighted by atomic mass is 16.5. The number of ether oxygens (including phenoxy) is 1. The Bertz CT molecular complexity index is 229. The van der Waals surface area contributed by atoms with E-state index in [2.05, 4.69) is 12.2 Å². The normalized spacial score (nSPS) is 36.3. The monoisotopic (exact) mass is 197 g/mol. The summed E-state index contributed by atoms with van der Waals surface area (Å²) < 4.78 is 4.86. The van der Waals surface area contributed by atoms with Crippen LogP contribution in [-0.4, -0.2) is 25.2 Å². The Morgan fingerprint density at radius 3 is 2.57 bits per heavy atom. The standard InChI is InChI=1S/C11H19NO2/c1-8-5-11(6-8,10(13)14-2)12-7-9-3-4-9/h8-9,12H,3-7H2,1-2H3. The second-order valence-electron chi connectivity index (χ2n) is 4.91. The molecule has 1 N–H and O–H groups in total. The molecule has 2 saturated carbocycles. The largest absolute Gasteiger partial charge is 0.468 e. The Morgan fingerprint density at radius 1 is 1.50 bits per heavy atom. The Morgan fingerprint density at radius 2 is 2.14 bits per heavy atom. The van der Waals surface area contributed by atoms with Crippen molar-refractivity contribution in [2.75, 3.05) is 13.7 Å². The van der Waals surface area contributed by atoms with Gasteiger partial charge in [0.25, 0.3) is 0 Å². The van der Waals surface area contributed by atoms with Gasteiger partial charge in [0.2, 0.25) is 0 Å². The van der Waals surface area contributed by atoms with Crippen LogP contribution in [-0.2, 0) is 9.53 Å². The third-order valence-electron chi connectivity index (χ3n) is 3.40. The van der Waals surface area contributed by atoms with Crippen molar-refractivity contribution in [3.05, 3.63) is 0 Å². The molecule has 0 aliphatic heterocycles. The smallest absolute Gasteiger partial charge is 0.326 e. The highest BCUT2D eigenvalue weighted by Gasteiger charge is 2.49. The molecule has 2 aliphatic rings. The second-order valence-corrected chi connectivity index (χ2v) is 4.91. The second kappa shape index (κ2) is 3.54. The van der Waals surface area contributed by atoms with E-state index >= 15 is 0 Å². The first-order chi connectivity index (χ1) is 6.66. The Labute approximate surface area is 85.2 Å². The van der Waals surface area contributed by atoms with Gasteiger partial charge < -0.3 is 10.1 Å². The van der Waals surface area contributed by atoms with E-state index in [0.29, 0.717) is 5.92 Å². The highest BCUT2D eigenvalue weighted by Crippen LogP contribution is 2.39. The van der Waals surface area contributed by atoms with E-state index in [1.54, 1.807) is 0 Å². The predicted octanol–water partition coefficient (Wildman–Crippen LogP) is 1.33. The van der Waals surface area contributed by atoms with E-state index in [1.807, 2.05) is 0 Å². The van der Waals surface area contributed by atoms with Gasteiger partial charge in [-0.15, -0.1) is 0 Å². The molecule has 2 rings (SSSR count). The van der Waals surface area contributed by atoms with Crippen molar-refractivity contribution >= 4 is 5.97 Å². The molecule has 0 heterocycles. The maximum atomic E-state index is 11.6. The van der Waals surface area contributed by atoms with E-state index < -0.39 is 0 Å². The molecule has 0 radical (unpaired) electrons. The number of esters is 1. The maximum Gasteiger partial charge on any atom is 0.326 e. The van der Waals surface area contributed by atoms with Crippen LogP contribution < -0.4 is 5.32 Å². The molecular formula is C11H19NO2. The SMILES string of the molecule is COC(=O)C1(NCC2CC2)CC(C)C1. The minimum absolute atomic E-state index is 0.0729. The van der Waals surface area contributed by atoms with Gasteiger partial charge in [-0.25, -0.2) is 0 Å². The third kappa shape index (κ3) is 1.78. The van der Waals surface area contributed by atoms with Crippen molar-refractivity contribution in [2.45, 2.75) is 38.1 Å². The number of methoxy groups -OCH3 is 1. The Balaban J connectivity index is 1.88. The van der Waals surface area contributed by atoms with E-state index in [4.69, 9.17) is 4.74 Å². The van der Waals surface area contributed by atoms with Gasteiger partial charge in [-0.3, -0.25) is 4.79 Å². The summed E-state index contributed by atoms with van der Waals surface area (Å²) in [6, 6.07) is 0. The summed E-state index contributed by atoms with van der Waals surface area (Å²) in [5.74, 6) is 1.39. The van der Waals surface area contributed by atoms with Crippen molar-refractivity contribution in [1.29, 1.82) is 0 Å². The van der Waals surface area contributed by atoms with Crippen LogP contribution in [0.4, 0.5) is 0 Å². The molecular weight excluding hydrogens is 178 g/mol. The van der Waals surface area contributed by atoms with Crippen LogP contribution in [0.2, 0.25) is 0 Å². The molecule has 2 aliphatic carbocycles. The van der Waals surface area contributed by atoms with E-state index in [9.17, 15) is 4.79 Å². The summed E-state index contributed by atoms with van der Waals surface area (Å²) in [5.41, 5.74) is -0.337. The zero-order valence-corrected chi connectivity index (χ0v) is 9.01. The first kappa shape index (κ1) is 9.97. The number of carbonyl (C=O) groups excluding carboxylic acids is 1. The molecule has 3 heteroatoms. The van der Waals surface area contributed by atoms with Gasteiger partial charge in [-0.1, -0.05) is 6.92 Å². The predicted molar refractivity (Wildman–Crippen MR) is 53.9 cm³/mol. The summed E-state index contributed by atoms with van der Waals surface area (Å²) >= 11 is 0. The summed E-state index contributed by atoms with van der Waals surface area (Å²) in [5, 5.41) is 3.40. The molecule has 0 unspecified atom stereocenters. The molecule has 0 aromatic heterocycles. The fourth-order valence-corrected chi connectivity index (χ4v) is 2.37.